The highest BCUT2D eigenvalue weighted by molar-refractivity contribution is 5.93. The van der Waals surface area contributed by atoms with Gasteiger partial charge in [0.05, 0.1) is 5.56 Å². The van der Waals surface area contributed by atoms with Gasteiger partial charge in [-0.05, 0) is 31.0 Å². The average molecular weight is 261 g/mol. The number of carbonyl (C=O) groups excluding carboxylic acids is 1. The molecule has 4 heteroatoms. The molecule has 0 aromatic carbocycles. The highest BCUT2D eigenvalue weighted by Gasteiger charge is 2.30. The third-order valence-corrected chi connectivity index (χ3v) is 3.92. The van der Waals surface area contributed by atoms with Crippen LogP contribution >= 0.6 is 0 Å². The molecule has 0 bridgehead atoms. The molecule has 19 heavy (non-hydrogen) atoms. The Kier molecular flexibility index (Phi) is 4.91. The lowest BCUT2D eigenvalue weighted by Gasteiger charge is -2.38. The normalized spacial score (nSPS) is 23.4. The molecule has 1 aliphatic heterocycles. The number of pyridine rings is 1. The quantitative estimate of drug-likeness (QED) is 0.901. The van der Waals surface area contributed by atoms with Crippen molar-refractivity contribution in [2.45, 2.75) is 32.7 Å². The highest BCUT2D eigenvalue weighted by atomic mass is 16.2. The molecule has 1 aliphatic rings. The minimum Gasteiger partial charge on any atom is -0.338 e. The summed E-state index contributed by atoms with van der Waals surface area (Å²) in [6.07, 6.45) is 5.50. The fraction of sp³-hybridized carbons (Fsp3) is 0.600. The van der Waals surface area contributed by atoms with Gasteiger partial charge in [-0.25, -0.2) is 0 Å². The third kappa shape index (κ3) is 3.32. The van der Waals surface area contributed by atoms with E-state index in [4.69, 9.17) is 0 Å². The van der Waals surface area contributed by atoms with Crippen molar-refractivity contribution in [2.24, 2.45) is 5.92 Å². The molecule has 2 rings (SSSR count). The predicted octanol–water partition coefficient (Wildman–Crippen LogP) is 1.93. The molecule has 1 fully saturated rings. The molecular weight excluding hydrogens is 238 g/mol. The van der Waals surface area contributed by atoms with E-state index in [1.54, 1.807) is 12.4 Å². The zero-order valence-corrected chi connectivity index (χ0v) is 11.8. The SMILES string of the molecule is CCNC1CCN(C(=O)c2cccnc2)CC1CC. The molecule has 4 nitrogen and oxygen atoms in total. The second-order valence-electron chi connectivity index (χ2n) is 5.11. The first-order chi connectivity index (χ1) is 9.26. The molecule has 1 amide bonds. The molecule has 0 spiro atoms. The van der Waals surface area contributed by atoms with Gasteiger partial charge in [0.25, 0.3) is 5.91 Å². The van der Waals surface area contributed by atoms with Crippen molar-refractivity contribution in [1.82, 2.24) is 15.2 Å². The lowest BCUT2D eigenvalue weighted by atomic mass is 9.89. The number of piperidine rings is 1. The van der Waals surface area contributed by atoms with Crippen molar-refractivity contribution in [3.8, 4) is 0 Å². The van der Waals surface area contributed by atoms with Gasteiger partial charge in [0, 0.05) is 31.5 Å². The van der Waals surface area contributed by atoms with Crippen molar-refractivity contribution >= 4 is 5.91 Å². The smallest absolute Gasteiger partial charge is 0.255 e. The molecule has 0 aliphatic carbocycles. The first-order valence-corrected chi connectivity index (χ1v) is 7.19. The van der Waals surface area contributed by atoms with Gasteiger partial charge in [0.2, 0.25) is 0 Å². The van der Waals surface area contributed by atoms with Crippen LogP contribution in [0.1, 0.15) is 37.0 Å². The number of hydrogen-bond acceptors (Lipinski definition) is 3. The molecule has 2 atom stereocenters. The number of aromatic nitrogens is 1. The molecule has 0 radical (unpaired) electrons. The Morgan fingerprint density at radius 2 is 2.37 bits per heavy atom. The van der Waals surface area contributed by atoms with Gasteiger partial charge in [-0.2, -0.15) is 0 Å². The van der Waals surface area contributed by atoms with Crippen LogP contribution in [0, 0.1) is 5.92 Å². The fourth-order valence-electron chi connectivity index (χ4n) is 2.83. The van der Waals surface area contributed by atoms with E-state index in [0.29, 0.717) is 17.5 Å². The number of carbonyl (C=O) groups is 1. The number of amides is 1. The first kappa shape index (κ1) is 14.0. The van der Waals surface area contributed by atoms with Crippen molar-refractivity contribution in [3.63, 3.8) is 0 Å². The van der Waals surface area contributed by atoms with Crippen LogP contribution in [0.15, 0.2) is 24.5 Å². The molecule has 1 saturated heterocycles. The lowest BCUT2D eigenvalue weighted by Crippen LogP contribution is -2.50. The second kappa shape index (κ2) is 6.66. The van der Waals surface area contributed by atoms with Crippen LogP contribution in [0.5, 0.6) is 0 Å². The number of nitrogens with one attached hydrogen (secondary N) is 1. The van der Waals surface area contributed by atoms with Crippen molar-refractivity contribution in [2.75, 3.05) is 19.6 Å². The van der Waals surface area contributed by atoms with E-state index in [1.807, 2.05) is 17.0 Å². The minimum absolute atomic E-state index is 0.112. The van der Waals surface area contributed by atoms with Gasteiger partial charge in [0.15, 0.2) is 0 Å². The average Bonchev–Trinajstić information content (AvgIpc) is 2.48. The molecule has 1 aromatic heterocycles. The molecule has 2 unspecified atom stereocenters. The molecular formula is C15H23N3O. The Morgan fingerprint density at radius 3 is 3.00 bits per heavy atom. The van der Waals surface area contributed by atoms with Crippen LogP contribution in [0.25, 0.3) is 0 Å². The summed E-state index contributed by atoms with van der Waals surface area (Å²) in [5.41, 5.74) is 0.694. The lowest BCUT2D eigenvalue weighted by molar-refractivity contribution is 0.0627. The van der Waals surface area contributed by atoms with E-state index in [0.717, 1.165) is 32.5 Å². The molecule has 1 N–H and O–H groups in total. The fourth-order valence-corrected chi connectivity index (χ4v) is 2.83. The van der Waals surface area contributed by atoms with Gasteiger partial charge in [-0.1, -0.05) is 20.3 Å². The van der Waals surface area contributed by atoms with Crippen LogP contribution in [0.4, 0.5) is 0 Å². The van der Waals surface area contributed by atoms with Gasteiger partial charge >= 0.3 is 0 Å². The summed E-state index contributed by atoms with van der Waals surface area (Å²) in [4.78, 5) is 18.4. The van der Waals surface area contributed by atoms with Crippen LogP contribution in [-0.4, -0.2) is 41.5 Å². The first-order valence-electron chi connectivity index (χ1n) is 7.19. The van der Waals surface area contributed by atoms with E-state index < -0.39 is 0 Å². The maximum absolute atomic E-state index is 12.4. The van der Waals surface area contributed by atoms with E-state index in [2.05, 4.69) is 24.1 Å². The van der Waals surface area contributed by atoms with Gasteiger partial charge in [-0.15, -0.1) is 0 Å². The summed E-state index contributed by atoms with van der Waals surface area (Å²) in [6, 6.07) is 4.20. The number of rotatable bonds is 4. The van der Waals surface area contributed by atoms with Crippen LogP contribution in [-0.2, 0) is 0 Å². The van der Waals surface area contributed by atoms with Crippen molar-refractivity contribution in [1.29, 1.82) is 0 Å². The Hall–Kier alpha value is -1.42. The van der Waals surface area contributed by atoms with E-state index in [1.165, 1.54) is 0 Å². The summed E-state index contributed by atoms with van der Waals surface area (Å²) < 4.78 is 0. The van der Waals surface area contributed by atoms with E-state index >= 15 is 0 Å². The largest absolute Gasteiger partial charge is 0.338 e. The predicted molar refractivity (Wildman–Crippen MR) is 76.0 cm³/mol. The molecule has 104 valence electrons. The highest BCUT2D eigenvalue weighted by Crippen LogP contribution is 2.21. The maximum atomic E-state index is 12.4. The third-order valence-electron chi connectivity index (χ3n) is 3.92. The minimum atomic E-state index is 0.112. The van der Waals surface area contributed by atoms with Crippen molar-refractivity contribution < 1.29 is 4.79 Å². The summed E-state index contributed by atoms with van der Waals surface area (Å²) in [5.74, 6) is 0.663. The molecule has 2 heterocycles. The topological polar surface area (TPSA) is 45.2 Å². The van der Waals surface area contributed by atoms with Gasteiger partial charge < -0.3 is 10.2 Å². The number of nitrogens with zero attached hydrogens (tertiary/aromatic N) is 2. The Bertz CT molecular complexity index is 407. The van der Waals surface area contributed by atoms with E-state index in [9.17, 15) is 4.79 Å². The Balaban J connectivity index is 2.02. The van der Waals surface area contributed by atoms with E-state index in [-0.39, 0.29) is 5.91 Å². The number of hydrogen-bond donors (Lipinski definition) is 1. The summed E-state index contributed by atoms with van der Waals surface area (Å²) in [6.45, 7) is 7.02. The van der Waals surface area contributed by atoms with Gasteiger partial charge in [-0.3, -0.25) is 9.78 Å². The van der Waals surface area contributed by atoms with Crippen LogP contribution in [0.3, 0.4) is 0 Å². The standard InChI is InChI=1S/C15H23N3O/c1-3-12-11-18(9-7-14(12)17-4-2)15(19)13-6-5-8-16-10-13/h5-6,8,10,12,14,17H,3-4,7,9,11H2,1-2H3. The number of likely N-dealkylation sites (tertiary alicyclic amines) is 1. The van der Waals surface area contributed by atoms with Crippen LogP contribution < -0.4 is 5.32 Å². The Morgan fingerprint density at radius 1 is 1.53 bits per heavy atom. The zero-order chi connectivity index (χ0) is 13.7. The Labute approximate surface area is 115 Å². The zero-order valence-electron chi connectivity index (χ0n) is 11.8. The maximum Gasteiger partial charge on any atom is 0.255 e. The van der Waals surface area contributed by atoms with Crippen LogP contribution in [0.2, 0.25) is 0 Å². The summed E-state index contributed by atoms with van der Waals surface area (Å²) in [7, 11) is 0. The van der Waals surface area contributed by atoms with Crippen molar-refractivity contribution in [3.05, 3.63) is 30.1 Å². The molecule has 0 saturated carbocycles. The van der Waals surface area contributed by atoms with Gasteiger partial charge in [0.1, 0.15) is 0 Å². The summed E-state index contributed by atoms with van der Waals surface area (Å²) in [5, 5.41) is 3.53. The summed E-state index contributed by atoms with van der Waals surface area (Å²) >= 11 is 0. The monoisotopic (exact) mass is 261 g/mol. The molecule has 1 aromatic rings. The second-order valence-corrected chi connectivity index (χ2v) is 5.11.